The van der Waals surface area contributed by atoms with Crippen molar-refractivity contribution in [2.24, 2.45) is 5.92 Å². The van der Waals surface area contributed by atoms with Crippen molar-refractivity contribution >= 4 is 0 Å². The third-order valence-electron chi connectivity index (χ3n) is 3.34. The first-order chi connectivity index (χ1) is 8.15. The minimum atomic E-state index is 0.615. The summed E-state index contributed by atoms with van der Waals surface area (Å²) in [6.07, 6.45) is 1.13. The fraction of sp³-hybridized carbons (Fsp3) is 0.600. The van der Waals surface area contributed by atoms with Gasteiger partial charge in [-0.1, -0.05) is 44.2 Å². The monoisotopic (exact) mass is 234 g/mol. The molecular weight excluding hydrogens is 208 g/mol. The molecule has 0 spiro atoms. The fourth-order valence-electron chi connectivity index (χ4n) is 2.23. The Kier molecular flexibility index (Phi) is 6.23. The molecule has 0 fully saturated rings. The number of hydrogen-bond donors (Lipinski definition) is 1. The van der Waals surface area contributed by atoms with Gasteiger partial charge in [0.2, 0.25) is 0 Å². The Balaban J connectivity index is 2.44. The number of benzene rings is 1. The first kappa shape index (κ1) is 14.2. The van der Waals surface area contributed by atoms with E-state index in [0.29, 0.717) is 12.0 Å². The summed E-state index contributed by atoms with van der Waals surface area (Å²) in [5.41, 5.74) is 1.42. The largest absolute Gasteiger partial charge is 0.318 e. The molecule has 0 aliphatic rings. The Hall–Kier alpha value is -0.860. The van der Waals surface area contributed by atoms with Crippen molar-refractivity contribution < 1.29 is 0 Å². The molecule has 2 heteroatoms. The average Bonchev–Trinajstić information content (AvgIpc) is 2.34. The van der Waals surface area contributed by atoms with E-state index in [2.05, 4.69) is 61.4 Å². The first-order valence-corrected chi connectivity index (χ1v) is 6.54. The molecule has 0 heterocycles. The van der Waals surface area contributed by atoms with Crippen molar-refractivity contribution in [2.45, 2.75) is 26.3 Å². The van der Waals surface area contributed by atoms with E-state index in [1.165, 1.54) is 5.56 Å². The maximum atomic E-state index is 3.29. The lowest BCUT2D eigenvalue weighted by Gasteiger charge is -2.31. The lowest BCUT2D eigenvalue weighted by Crippen LogP contribution is -2.43. The van der Waals surface area contributed by atoms with Gasteiger partial charge in [0.15, 0.2) is 0 Å². The van der Waals surface area contributed by atoms with E-state index in [4.69, 9.17) is 0 Å². The van der Waals surface area contributed by atoms with E-state index >= 15 is 0 Å². The van der Waals surface area contributed by atoms with E-state index in [-0.39, 0.29) is 0 Å². The number of hydrogen-bond acceptors (Lipinski definition) is 2. The Morgan fingerprint density at radius 3 is 2.35 bits per heavy atom. The lowest BCUT2D eigenvalue weighted by atomic mass is 10.0. The van der Waals surface area contributed by atoms with Gasteiger partial charge in [-0.25, -0.2) is 0 Å². The molecule has 0 aliphatic heterocycles. The van der Waals surface area contributed by atoms with E-state index in [1.807, 2.05) is 7.05 Å². The van der Waals surface area contributed by atoms with Crippen LogP contribution in [0.3, 0.4) is 0 Å². The van der Waals surface area contributed by atoms with E-state index in [0.717, 1.165) is 19.5 Å². The molecule has 0 amide bonds. The Morgan fingerprint density at radius 2 is 1.82 bits per heavy atom. The van der Waals surface area contributed by atoms with Crippen LogP contribution in [0.4, 0.5) is 0 Å². The minimum Gasteiger partial charge on any atom is -0.318 e. The third kappa shape index (κ3) is 4.88. The predicted octanol–water partition coefficient (Wildman–Crippen LogP) is 2.40. The fourth-order valence-corrected chi connectivity index (χ4v) is 2.23. The minimum absolute atomic E-state index is 0.615. The van der Waals surface area contributed by atoms with Gasteiger partial charge in [-0.3, -0.25) is 0 Å². The van der Waals surface area contributed by atoms with Crippen LogP contribution < -0.4 is 5.32 Å². The summed E-state index contributed by atoms with van der Waals surface area (Å²) in [6, 6.07) is 11.3. The van der Waals surface area contributed by atoms with E-state index < -0.39 is 0 Å². The predicted molar refractivity (Wildman–Crippen MR) is 75.3 cm³/mol. The zero-order valence-electron chi connectivity index (χ0n) is 11.6. The Morgan fingerprint density at radius 1 is 1.18 bits per heavy atom. The molecule has 96 valence electrons. The van der Waals surface area contributed by atoms with Crippen LogP contribution in [0.2, 0.25) is 0 Å². The highest BCUT2D eigenvalue weighted by molar-refractivity contribution is 5.14. The quantitative estimate of drug-likeness (QED) is 0.779. The summed E-state index contributed by atoms with van der Waals surface area (Å²) in [7, 11) is 4.26. The van der Waals surface area contributed by atoms with Gasteiger partial charge in [-0.05, 0) is 32.0 Å². The zero-order valence-corrected chi connectivity index (χ0v) is 11.6. The van der Waals surface area contributed by atoms with Gasteiger partial charge in [0.25, 0.3) is 0 Å². The van der Waals surface area contributed by atoms with Crippen molar-refractivity contribution in [2.75, 3.05) is 27.2 Å². The van der Waals surface area contributed by atoms with Crippen LogP contribution in [0.5, 0.6) is 0 Å². The van der Waals surface area contributed by atoms with Crippen LogP contribution in [0.1, 0.15) is 19.4 Å². The molecule has 0 saturated heterocycles. The SMILES string of the molecule is CNCC(C(C)C)N(C)CCc1ccccc1. The highest BCUT2D eigenvalue weighted by atomic mass is 15.1. The van der Waals surface area contributed by atoms with Crippen LogP contribution in [-0.2, 0) is 6.42 Å². The van der Waals surface area contributed by atoms with Gasteiger partial charge < -0.3 is 10.2 Å². The summed E-state index contributed by atoms with van der Waals surface area (Å²) in [5.74, 6) is 0.684. The normalized spacial score (nSPS) is 13.3. The highest BCUT2D eigenvalue weighted by Crippen LogP contribution is 2.09. The molecule has 0 aromatic heterocycles. The molecule has 17 heavy (non-hydrogen) atoms. The molecule has 1 aromatic rings. The smallest absolute Gasteiger partial charge is 0.0240 e. The van der Waals surface area contributed by atoms with Crippen molar-refractivity contribution in [3.63, 3.8) is 0 Å². The second-order valence-corrected chi connectivity index (χ2v) is 5.09. The van der Waals surface area contributed by atoms with Gasteiger partial charge in [-0.15, -0.1) is 0 Å². The molecule has 0 saturated carbocycles. The summed E-state index contributed by atoms with van der Waals surface area (Å²) in [5, 5.41) is 3.29. The van der Waals surface area contributed by atoms with Crippen LogP contribution in [-0.4, -0.2) is 38.1 Å². The average molecular weight is 234 g/mol. The molecule has 0 radical (unpaired) electrons. The standard InChI is InChI=1S/C15H26N2/c1-13(2)15(12-16-3)17(4)11-10-14-8-6-5-7-9-14/h5-9,13,15-16H,10-12H2,1-4H3. The summed E-state index contributed by atoms with van der Waals surface area (Å²) >= 11 is 0. The number of likely N-dealkylation sites (N-methyl/N-ethyl adjacent to an activating group) is 2. The van der Waals surface area contributed by atoms with Crippen molar-refractivity contribution in [1.82, 2.24) is 10.2 Å². The van der Waals surface area contributed by atoms with Gasteiger partial charge in [-0.2, -0.15) is 0 Å². The van der Waals surface area contributed by atoms with Crippen molar-refractivity contribution in [3.8, 4) is 0 Å². The summed E-state index contributed by atoms with van der Waals surface area (Å²) < 4.78 is 0. The molecule has 1 rings (SSSR count). The molecule has 1 aromatic carbocycles. The molecule has 0 bridgehead atoms. The molecule has 2 nitrogen and oxygen atoms in total. The molecule has 0 aliphatic carbocycles. The summed E-state index contributed by atoms with van der Waals surface area (Å²) in [4.78, 5) is 2.47. The van der Waals surface area contributed by atoms with E-state index in [9.17, 15) is 0 Å². The maximum absolute atomic E-state index is 3.29. The third-order valence-corrected chi connectivity index (χ3v) is 3.34. The summed E-state index contributed by atoms with van der Waals surface area (Å²) in [6.45, 7) is 6.76. The zero-order chi connectivity index (χ0) is 12.7. The lowest BCUT2D eigenvalue weighted by molar-refractivity contribution is 0.192. The van der Waals surface area contributed by atoms with Crippen molar-refractivity contribution in [3.05, 3.63) is 35.9 Å². The van der Waals surface area contributed by atoms with Gasteiger partial charge in [0.05, 0.1) is 0 Å². The number of nitrogens with one attached hydrogen (secondary N) is 1. The van der Waals surface area contributed by atoms with Crippen molar-refractivity contribution in [1.29, 1.82) is 0 Å². The second-order valence-electron chi connectivity index (χ2n) is 5.09. The number of rotatable bonds is 7. The topological polar surface area (TPSA) is 15.3 Å². The molecule has 1 unspecified atom stereocenters. The first-order valence-electron chi connectivity index (χ1n) is 6.54. The molecule has 1 N–H and O–H groups in total. The van der Waals surface area contributed by atoms with Crippen LogP contribution >= 0.6 is 0 Å². The number of nitrogens with zero attached hydrogens (tertiary/aromatic N) is 1. The van der Waals surface area contributed by atoms with E-state index in [1.54, 1.807) is 0 Å². The van der Waals surface area contributed by atoms with Gasteiger partial charge >= 0.3 is 0 Å². The van der Waals surface area contributed by atoms with Gasteiger partial charge in [0.1, 0.15) is 0 Å². The maximum Gasteiger partial charge on any atom is 0.0240 e. The van der Waals surface area contributed by atoms with Crippen LogP contribution in [0, 0.1) is 5.92 Å². The molecule has 1 atom stereocenters. The molecular formula is C15H26N2. The Labute approximate surface area is 106 Å². The van der Waals surface area contributed by atoms with Crippen LogP contribution in [0.25, 0.3) is 0 Å². The van der Waals surface area contributed by atoms with Gasteiger partial charge in [0, 0.05) is 19.1 Å². The highest BCUT2D eigenvalue weighted by Gasteiger charge is 2.17. The Bertz CT molecular complexity index is 295. The second kappa shape index (κ2) is 7.46. The van der Waals surface area contributed by atoms with Crippen LogP contribution in [0.15, 0.2) is 30.3 Å².